The van der Waals surface area contributed by atoms with Crippen molar-refractivity contribution >= 4 is 23.4 Å². The molecule has 2 aliphatic carbocycles. The molecule has 0 spiro atoms. The number of hydrogen-bond donors (Lipinski definition) is 2. The van der Waals surface area contributed by atoms with Gasteiger partial charge >= 0.3 is 5.97 Å². The lowest BCUT2D eigenvalue weighted by Crippen LogP contribution is -2.24. The van der Waals surface area contributed by atoms with Crippen LogP contribution in [-0.2, 0) is 11.2 Å². The number of ketones is 1. The summed E-state index contributed by atoms with van der Waals surface area (Å²) >= 11 is 6.38. The zero-order valence-electron chi connectivity index (χ0n) is 16.0. The molecule has 1 atom stereocenters. The van der Waals surface area contributed by atoms with Gasteiger partial charge in [0.15, 0.2) is 5.78 Å². The number of halogens is 1. The van der Waals surface area contributed by atoms with Crippen molar-refractivity contribution < 1.29 is 14.7 Å². The maximum absolute atomic E-state index is 13.5. The molecule has 0 aliphatic heterocycles. The number of H-pyrrole nitrogens is 1. The van der Waals surface area contributed by atoms with Crippen LogP contribution in [-0.4, -0.2) is 27.1 Å². The van der Waals surface area contributed by atoms with Gasteiger partial charge in [0.05, 0.1) is 22.6 Å². The number of Topliss-reactive ketones (excluding diaryl/α,β-unsaturated/α-hetero) is 1. The monoisotopic (exact) mass is 400 g/mol. The van der Waals surface area contributed by atoms with Gasteiger partial charge < -0.3 is 5.11 Å². The van der Waals surface area contributed by atoms with Crippen molar-refractivity contribution in [2.75, 3.05) is 0 Å². The largest absolute Gasteiger partial charge is 0.481 e. The lowest BCUT2D eigenvalue weighted by atomic mass is 9.74. The highest BCUT2D eigenvalue weighted by Crippen LogP contribution is 2.43. The third-order valence-corrected chi connectivity index (χ3v) is 6.74. The Morgan fingerprint density at radius 3 is 2.61 bits per heavy atom. The molecule has 1 unspecified atom stereocenters. The minimum atomic E-state index is -0.704. The summed E-state index contributed by atoms with van der Waals surface area (Å²) in [5.41, 5.74) is 4.60. The van der Waals surface area contributed by atoms with Crippen molar-refractivity contribution in [2.45, 2.75) is 63.7 Å². The molecule has 0 saturated heterocycles. The molecule has 0 radical (unpaired) electrons. The Balaban J connectivity index is 1.66. The summed E-state index contributed by atoms with van der Waals surface area (Å²) in [6.45, 7) is 1.92. The summed E-state index contributed by atoms with van der Waals surface area (Å²) in [7, 11) is 0. The molecule has 4 rings (SSSR count). The van der Waals surface area contributed by atoms with Gasteiger partial charge in [-0.3, -0.25) is 14.7 Å². The lowest BCUT2D eigenvalue weighted by molar-refractivity contribution is -0.142. The molecule has 0 amide bonds. The topological polar surface area (TPSA) is 83.0 Å². The minimum Gasteiger partial charge on any atom is -0.481 e. The number of nitrogens with one attached hydrogen (secondary N) is 1. The molecule has 2 N–H and O–H groups in total. The highest BCUT2D eigenvalue weighted by atomic mass is 35.5. The van der Waals surface area contributed by atoms with Crippen LogP contribution in [0.4, 0.5) is 0 Å². The quantitative estimate of drug-likeness (QED) is 0.705. The van der Waals surface area contributed by atoms with Gasteiger partial charge in [0.25, 0.3) is 0 Å². The van der Waals surface area contributed by atoms with E-state index in [2.05, 4.69) is 10.2 Å². The Kier molecular flexibility index (Phi) is 5.28. The van der Waals surface area contributed by atoms with Gasteiger partial charge in [-0.15, -0.1) is 0 Å². The van der Waals surface area contributed by atoms with Crippen LogP contribution in [0.1, 0.15) is 83.2 Å². The molecule has 2 aromatic rings. The van der Waals surface area contributed by atoms with E-state index in [1.165, 1.54) is 0 Å². The molecule has 1 saturated carbocycles. The number of carbonyl (C=O) groups excluding carboxylic acids is 1. The summed E-state index contributed by atoms with van der Waals surface area (Å²) in [6.07, 6.45) is 5.60. The number of rotatable bonds is 4. The number of carbonyl (C=O) groups is 2. The van der Waals surface area contributed by atoms with Gasteiger partial charge in [-0.2, -0.15) is 5.10 Å². The number of hydrogen-bond acceptors (Lipinski definition) is 3. The van der Waals surface area contributed by atoms with Crippen LogP contribution in [0.5, 0.6) is 0 Å². The molecule has 2 aliphatic rings. The van der Waals surface area contributed by atoms with Gasteiger partial charge in [-0.1, -0.05) is 23.7 Å². The van der Waals surface area contributed by atoms with Crippen LogP contribution < -0.4 is 0 Å². The number of nitrogens with zero attached hydrogens (tertiary/aromatic N) is 1. The summed E-state index contributed by atoms with van der Waals surface area (Å²) in [5.74, 6) is -0.894. The first-order valence-electron chi connectivity index (χ1n) is 10.1. The van der Waals surface area contributed by atoms with E-state index in [4.69, 9.17) is 11.6 Å². The first kappa shape index (κ1) is 19.2. The van der Waals surface area contributed by atoms with Gasteiger partial charge in [-0.05, 0) is 63.5 Å². The Bertz CT molecular complexity index is 892. The Morgan fingerprint density at radius 2 is 1.93 bits per heavy atom. The Hall–Kier alpha value is -2.14. The van der Waals surface area contributed by atoms with Gasteiger partial charge in [0, 0.05) is 22.7 Å². The minimum absolute atomic E-state index is 0.0749. The van der Waals surface area contributed by atoms with Gasteiger partial charge in [0.1, 0.15) is 0 Å². The second-order valence-corrected chi connectivity index (χ2v) is 8.54. The second-order valence-electron chi connectivity index (χ2n) is 8.13. The van der Waals surface area contributed by atoms with Gasteiger partial charge in [0.2, 0.25) is 0 Å². The number of aromatic nitrogens is 2. The average molecular weight is 401 g/mol. The van der Waals surface area contributed by atoms with E-state index in [1.54, 1.807) is 6.07 Å². The third kappa shape index (κ3) is 3.37. The smallest absolute Gasteiger partial charge is 0.306 e. The van der Waals surface area contributed by atoms with Crippen molar-refractivity contribution in [2.24, 2.45) is 5.92 Å². The van der Waals surface area contributed by atoms with Crippen molar-refractivity contribution in [1.29, 1.82) is 0 Å². The van der Waals surface area contributed by atoms with Crippen LogP contribution in [0.15, 0.2) is 18.2 Å². The van der Waals surface area contributed by atoms with Crippen molar-refractivity contribution in [1.82, 2.24) is 10.2 Å². The highest BCUT2D eigenvalue weighted by molar-refractivity contribution is 6.34. The third-order valence-electron chi connectivity index (χ3n) is 6.43. The number of carboxylic acid groups (broad SMARTS) is 1. The predicted octanol–water partition coefficient (Wildman–Crippen LogP) is 5.03. The fraction of sp³-hybridized carbons (Fsp3) is 0.500. The number of aryl methyl sites for hydroxylation is 2. The van der Waals surface area contributed by atoms with Crippen molar-refractivity contribution in [3.8, 4) is 0 Å². The van der Waals surface area contributed by atoms with Crippen molar-refractivity contribution in [3.63, 3.8) is 0 Å². The van der Waals surface area contributed by atoms with Crippen molar-refractivity contribution in [3.05, 3.63) is 51.3 Å². The summed E-state index contributed by atoms with van der Waals surface area (Å²) in [5, 5.41) is 17.5. The second kappa shape index (κ2) is 7.70. The fourth-order valence-electron chi connectivity index (χ4n) is 4.91. The first-order valence-corrected chi connectivity index (χ1v) is 10.4. The van der Waals surface area contributed by atoms with Gasteiger partial charge in [-0.25, -0.2) is 0 Å². The summed E-state index contributed by atoms with van der Waals surface area (Å²) in [6, 6.07) is 5.56. The zero-order valence-corrected chi connectivity index (χ0v) is 16.8. The molecule has 1 heterocycles. The number of aromatic amines is 1. The highest BCUT2D eigenvalue weighted by Gasteiger charge is 2.37. The zero-order chi connectivity index (χ0) is 19.8. The maximum Gasteiger partial charge on any atom is 0.306 e. The Morgan fingerprint density at radius 1 is 1.18 bits per heavy atom. The van der Waals surface area contributed by atoms with E-state index in [-0.39, 0.29) is 23.5 Å². The summed E-state index contributed by atoms with van der Waals surface area (Å²) in [4.78, 5) is 24.7. The first-order chi connectivity index (χ1) is 13.5. The molecule has 1 fully saturated rings. The van der Waals surface area contributed by atoms with Crippen LogP contribution in [0.3, 0.4) is 0 Å². The molecule has 148 valence electrons. The van der Waals surface area contributed by atoms with E-state index >= 15 is 0 Å². The van der Waals surface area contributed by atoms with Crippen LogP contribution >= 0.6 is 11.6 Å². The molecular weight excluding hydrogens is 376 g/mol. The Labute approximate surface area is 169 Å². The molecule has 1 aromatic carbocycles. The van der Waals surface area contributed by atoms with Crippen LogP contribution in [0.2, 0.25) is 5.02 Å². The van der Waals surface area contributed by atoms with E-state index < -0.39 is 5.97 Å². The molecular formula is C22H25ClN2O3. The fourth-order valence-corrected chi connectivity index (χ4v) is 5.23. The molecule has 6 heteroatoms. The van der Waals surface area contributed by atoms with E-state index in [9.17, 15) is 14.7 Å². The predicted molar refractivity (Wildman–Crippen MR) is 107 cm³/mol. The van der Waals surface area contributed by atoms with E-state index in [0.717, 1.165) is 54.6 Å². The molecule has 1 aromatic heterocycles. The number of carboxylic acids is 1. The summed E-state index contributed by atoms with van der Waals surface area (Å²) < 4.78 is 0. The van der Waals surface area contributed by atoms with E-state index in [0.29, 0.717) is 23.4 Å². The number of aliphatic carboxylic acids is 1. The standard InChI is InChI=1S/C22H25ClN2O3/c1-12-4-2-6-16(23)18(12)21(26)15-5-3-7-17-19(15)20(25-24-17)13-8-10-14(11-9-13)22(27)28/h2,4,6,13-15H,3,5,7-11H2,1H3,(H,24,25)(H,27,28). The normalized spacial score (nSPS) is 24.6. The number of benzene rings is 1. The van der Waals surface area contributed by atoms with Crippen LogP contribution in [0, 0.1) is 12.8 Å². The van der Waals surface area contributed by atoms with Crippen LogP contribution in [0.25, 0.3) is 0 Å². The maximum atomic E-state index is 13.5. The molecule has 0 bridgehead atoms. The SMILES string of the molecule is Cc1cccc(Cl)c1C(=O)C1CCCc2[nH]nc(C3CCC(C(=O)O)CC3)c21. The molecule has 5 nitrogen and oxygen atoms in total. The van der Waals surface area contributed by atoms with E-state index in [1.807, 2.05) is 19.1 Å². The average Bonchev–Trinajstić information content (AvgIpc) is 3.12. The lowest BCUT2D eigenvalue weighted by Gasteiger charge is -2.28. The molecule has 28 heavy (non-hydrogen) atoms. The number of fused-ring (bicyclic) bond motifs is 1.